The number of amides is 1. The zero-order valence-electron chi connectivity index (χ0n) is 17.4. The molecule has 0 atom stereocenters. The Labute approximate surface area is 185 Å². The van der Waals surface area contributed by atoms with Gasteiger partial charge in [-0.25, -0.2) is 0 Å². The van der Waals surface area contributed by atoms with Gasteiger partial charge in [0, 0.05) is 28.8 Å². The third-order valence-corrected chi connectivity index (χ3v) is 6.28. The van der Waals surface area contributed by atoms with Gasteiger partial charge in [0.2, 0.25) is 5.91 Å². The standard InChI is InChI=1S/C25H22N6O/c32-25(15-5-3-6-15)28-19-10-18(12-26-14-19)16-8-9-22-20(11-16)23(31-30-22)24-27-13-17-4-1-2-7-21(17)29-24/h1-2,4,7-12,14-15H,3,5-6,13H2,(H,27,29)(H,28,32)(H,30,31). The van der Waals surface area contributed by atoms with Crippen LogP contribution in [-0.2, 0) is 11.3 Å². The summed E-state index contributed by atoms with van der Waals surface area (Å²) in [6, 6.07) is 16.3. The van der Waals surface area contributed by atoms with E-state index in [0.717, 1.165) is 64.2 Å². The van der Waals surface area contributed by atoms with Crippen molar-refractivity contribution in [1.82, 2.24) is 15.2 Å². The molecule has 7 heteroatoms. The van der Waals surface area contributed by atoms with Gasteiger partial charge in [0.15, 0.2) is 5.84 Å². The maximum absolute atomic E-state index is 12.3. The van der Waals surface area contributed by atoms with Gasteiger partial charge in [-0.05, 0) is 48.2 Å². The van der Waals surface area contributed by atoms with Gasteiger partial charge < -0.3 is 10.6 Å². The average Bonchev–Trinajstić information content (AvgIpc) is 3.21. The molecule has 6 rings (SSSR count). The topological polar surface area (TPSA) is 95.1 Å². The first-order valence-corrected chi connectivity index (χ1v) is 10.9. The predicted molar refractivity (Wildman–Crippen MR) is 126 cm³/mol. The van der Waals surface area contributed by atoms with Gasteiger partial charge in [0.05, 0.1) is 23.9 Å². The van der Waals surface area contributed by atoms with E-state index >= 15 is 0 Å². The Kier molecular flexibility index (Phi) is 4.45. The summed E-state index contributed by atoms with van der Waals surface area (Å²) < 4.78 is 0. The highest BCUT2D eigenvalue weighted by Crippen LogP contribution is 2.30. The molecule has 2 aromatic carbocycles. The van der Waals surface area contributed by atoms with Crippen molar-refractivity contribution in [2.75, 3.05) is 10.6 Å². The lowest BCUT2D eigenvalue weighted by Crippen LogP contribution is -2.28. The normalized spacial score (nSPS) is 15.4. The van der Waals surface area contributed by atoms with Gasteiger partial charge in [-0.15, -0.1) is 0 Å². The van der Waals surface area contributed by atoms with Gasteiger partial charge in [-0.3, -0.25) is 19.9 Å². The van der Waals surface area contributed by atoms with Crippen LogP contribution < -0.4 is 10.6 Å². The van der Waals surface area contributed by atoms with Crippen LogP contribution in [0.3, 0.4) is 0 Å². The van der Waals surface area contributed by atoms with Crippen molar-refractivity contribution < 1.29 is 4.79 Å². The van der Waals surface area contributed by atoms with E-state index in [1.807, 2.05) is 36.5 Å². The van der Waals surface area contributed by atoms with Crippen LogP contribution in [0.2, 0.25) is 0 Å². The number of fused-ring (bicyclic) bond motifs is 2. The fraction of sp³-hybridized carbons (Fsp3) is 0.200. The summed E-state index contributed by atoms with van der Waals surface area (Å²) in [6.07, 6.45) is 6.59. The van der Waals surface area contributed by atoms with Crippen molar-refractivity contribution in [3.05, 3.63) is 72.2 Å². The minimum absolute atomic E-state index is 0.0874. The molecule has 158 valence electrons. The van der Waals surface area contributed by atoms with Crippen molar-refractivity contribution >= 4 is 34.0 Å². The molecule has 1 aliphatic carbocycles. The van der Waals surface area contributed by atoms with Gasteiger partial charge in [0.25, 0.3) is 0 Å². The number of carbonyl (C=O) groups excluding carboxylic acids is 1. The highest BCUT2D eigenvalue weighted by molar-refractivity contribution is 6.15. The van der Waals surface area contributed by atoms with Crippen LogP contribution >= 0.6 is 0 Å². The van der Waals surface area contributed by atoms with Crippen LogP contribution in [0.4, 0.5) is 11.4 Å². The molecule has 2 aliphatic rings. The second kappa shape index (κ2) is 7.60. The van der Waals surface area contributed by atoms with E-state index in [2.05, 4.69) is 44.0 Å². The molecule has 1 amide bonds. The molecule has 0 unspecified atom stereocenters. The number of pyridine rings is 1. The number of nitrogens with zero attached hydrogens (tertiary/aromatic N) is 3. The number of aromatic amines is 1. The van der Waals surface area contributed by atoms with Crippen molar-refractivity contribution in [2.24, 2.45) is 10.9 Å². The summed E-state index contributed by atoms with van der Waals surface area (Å²) in [7, 11) is 0. The van der Waals surface area contributed by atoms with Crippen LogP contribution in [0.1, 0.15) is 30.5 Å². The first kappa shape index (κ1) is 18.7. The third-order valence-electron chi connectivity index (χ3n) is 6.28. The van der Waals surface area contributed by atoms with E-state index in [1.54, 1.807) is 6.20 Å². The molecule has 2 aromatic heterocycles. The number of para-hydroxylation sites is 1. The van der Waals surface area contributed by atoms with E-state index in [4.69, 9.17) is 4.99 Å². The number of aliphatic imine (C=N–C) groups is 1. The minimum atomic E-state index is 0.0874. The van der Waals surface area contributed by atoms with Gasteiger partial charge in [0.1, 0.15) is 5.69 Å². The summed E-state index contributed by atoms with van der Waals surface area (Å²) in [4.78, 5) is 21.4. The van der Waals surface area contributed by atoms with Gasteiger partial charge in [-0.2, -0.15) is 5.10 Å². The number of hydrogen-bond donors (Lipinski definition) is 3. The molecule has 0 saturated heterocycles. The van der Waals surface area contributed by atoms with E-state index in [-0.39, 0.29) is 11.8 Å². The predicted octanol–water partition coefficient (Wildman–Crippen LogP) is 4.74. The van der Waals surface area contributed by atoms with E-state index in [1.165, 1.54) is 5.56 Å². The number of carbonyl (C=O) groups is 1. The molecule has 0 spiro atoms. The number of H-pyrrole nitrogens is 1. The largest absolute Gasteiger partial charge is 0.338 e. The number of amidine groups is 1. The summed E-state index contributed by atoms with van der Waals surface area (Å²) in [6.45, 7) is 0.624. The second-order valence-electron chi connectivity index (χ2n) is 8.36. The lowest BCUT2D eigenvalue weighted by molar-refractivity contribution is -0.122. The van der Waals surface area contributed by atoms with Gasteiger partial charge in [-0.1, -0.05) is 30.7 Å². The number of rotatable bonds is 4. The number of benzene rings is 2. The summed E-state index contributed by atoms with van der Waals surface area (Å²) in [5.74, 6) is 0.980. The number of nitrogens with one attached hydrogen (secondary N) is 3. The van der Waals surface area contributed by atoms with Crippen LogP contribution in [0.25, 0.3) is 22.0 Å². The zero-order valence-corrected chi connectivity index (χ0v) is 17.4. The molecular weight excluding hydrogens is 400 g/mol. The fourth-order valence-electron chi connectivity index (χ4n) is 4.20. The second-order valence-corrected chi connectivity index (χ2v) is 8.36. The summed E-state index contributed by atoms with van der Waals surface area (Å²) >= 11 is 0. The Morgan fingerprint density at radius 2 is 1.94 bits per heavy atom. The smallest absolute Gasteiger partial charge is 0.227 e. The first-order valence-electron chi connectivity index (χ1n) is 10.9. The molecule has 0 bridgehead atoms. The van der Waals surface area contributed by atoms with Crippen LogP contribution in [0, 0.1) is 5.92 Å². The minimum Gasteiger partial charge on any atom is -0.338 e. The fourth-order valence-corrected chi connectivity index (χ4v) is 4.20. The van der Waals surface area contributed by atoms with Crippen LogP contribution in [-0.4, -0.2) is 26.9 Å². The van der Waals surface area contributed by atoms with Crippen LogP contribution in [0.15, 0.2) is 65.9 Å². The van der Waals surface area contributed by atoms with E-state index in [9.17, 15) is 4.79 Å². The van der Waals surface area contributed by atoms with E-state index in [0.29, 0.717) is 6.54 Å². The SMILES string of the molecule is O=C(Nc1cncc(-c2ccc3[nH]nc(C4=NCc5ccccc5N4)c3c2)c1)C1CCC1. The lowest BCUT2D eigenvalue weighted by atomic mass is 9.85. The molecule has 3 N–H and O–H groups in total. The molecule has 3 heterocycles. The molecule has 32 heavy (non-hydrogen) atoms. The lowest BCUT2D eigenvalue weighted by Gasteiger charge is -2.24. The maximum Gasteiger partial charge on any atom is 0.227 e. The van der Waals surface area contributed by atoms with Gasteiger partial charge >= 0.3 is 0 Å². The van der Waals surface area contributed by atoms with Crippen molar-refractivity contribution in [3.63, 3.8) is 0 Å². The number of hydrogen-bond acceptors (Lipinski definition) is 5. The highest BCUT2D eigenvalue weighted by atomic mass is 16.1. The number of anilines is 2. The van der Waals surface area contributed by atoms with Crippen molar-refractivity contribution in [3.8, 4) is 11.1 Å². The molecule has 1 aliphatic heterocycles. The molecule has 4 aromatic rings. The monoisotopic (exact) mass is 422 g/mol. The molecule has 1 fully saturated rings. The molecule has 7 nitrogen and oxygen atoms in total. The Bertz CT molecular complexity index is 1370. The molecule has 0 radical (unpaired) electrons. The number of aromatic nitrogens is 3. The van der Waals surface area contributed by atoms with Crippen molar-refractivity contribution in [2.45, 2.75) is 25.8 Å². The zero-order chi connectivity index (χ0) is 21.5. The third kappa shape index (κ3) is 3.32. The van der Waals surface area contributed by atoms with Crippen LogP contribution in [0.5, 0.6) is 0 Å². The van der Waals surface area contributed by atoms with E-state index < -0.39 is 0 Å². The Morgan fingerprint density at radius 3 is 2.81 bits per heavy atom. The molecular formula is C25H22N6O. The first-order chi connectivity index (χ1) is 15.7. The Hall–Kier alpha value is -4.00. The Morgan fingerprint density at radius 1 is 1.03 bits per heavy atom. The Balaban J connectivity index is 1.31. The maximum atomic E-state index is 12.3. The summed E-state index contributed by atoms with van der Waals surface area (Å²) in [5, 5.41) is 15.0. The average molecular weight is 422 g/mol. The summed E-state index contributed by atoms with van der Waals surface area (Å²) in [5.41, 5.74) is 6.63. The molecule has 1 saturated carbocycles. The highest BCUT2D eigenvalue weighted by Gasteiger charge is 2.25. The quantitative estimate of drug-likeness (QED) is 0.443. The van der Waals surface area contributed by atoms with Crippen molar-refractivity contribution in [1.29, 1.82) is 0 Å².